The molecule has 0 aromatic heterocycles. The standard InChI is InChI=1S/C21H21NO/c1-3-5-6-17-7-9-18(10-8-17)11-12-19-13-14-21(23-4-2)15-20(19)16-22/h7-10,13-15H,3-6H2,1-2H3. The summed E-state index contributed by atoms with van der Waals surface area (Å²) in [7, 11) is 0. The first kappa shape index (κ1) is 16.7. The Labute approximate surface area is 138 Å². The minimum absolute atomic E-state index is 0.544. The van der Waals surface area contributed by atoms with E-state index in [9.17, 15) is 5.26 Å². The van der Waals surface area contributed by atoms with E-state index in [0.717, 1.165) is 17.5 Å². The summed E-state index contributed by atoms with van der Waals surface area (Å²) in [4.78, 5) is 0. The molecule has 0 saturated heterocycles. The molecule has 0 unspecified atom stereocenters. The summed E-state index contributed by atoms with van der Waals surface area (Å²) in [5.74, 6) is 6.92. The molecule has 0 bridgehead atoms. The van der Waals surface area contributed by atoms with Crippen molar-refractivity contribution in [2.24, 2.45) is 0 Å². The van der Waals surface area contributed by atoms with Gasteiger partial charge in [-0.1, -0.05) is 37.3 Å². The van der Waals surface area contributed by atoms with Crippen LogP contribution in [0.15, 0.2) is 42.5 Å². The molecular weight excluding hydrogens is 282 g/mol. The summed E-state index contributed by atoms with van der Waals surface area (Å²) in [5.41, 5.74) is 3.58. The Kier molecular flexibility index (Phi) is 6.28. The van der Waals surface area contributed by atoms with Crippen molar-refractivity contribution < 1.29 is 4.74 Å². The molecule has 2 rings (SSSR count). The first-order chi connectivity index (χ1) is 11.3. The van der Waals surface area contributed by atoms with Crippen LogP contribution in [0.4, 0.5) is 0 Å². The Morgan fingerprint density at radius 3 is 2.39 bits per heavy atom. The van der Waals surface area contributed by atoms with E-state index in [0.29, 0.717) is 17.9 Å². The molecule has 23 heavy (non-hydrogen) atoms. The lowest BCUT2D eigenvalue weighted by Gasteiger charge is -2.03. The van der Waals surface area contributed by atoms with Gasteiger partial charge in [0.25, 0.3) is 0 Å². The number of benzene rings is 2. The van der Waals surface area contributed by atoms with Crippen molar-refractivity contribution in [3.63, 3.8) is 0 Å². The van der Waals surface area contributed by atoms with E-state index in [-0.39, 0.29) is 0 Å². The minimum Gasteiger partial charge on any atom is -0.494 e. The zero-order valence-corrected chi connectivity index (χ0v) is 13.7. The van der Waals surface area contributed by atoms with Gasteiger partial charge in [0, 0.05) is 11.1 Å². The molecule has 116 valence electrons. The van der Waals surface area contributed by atoms with Crippen molar-refractivity contribution in [2.45, 2.75) is 33.1 Å². The number of aryl methyl sites for hydroxylation is 1. The second-order valence-electron chi connectivity index (χ2n) is 5.30. The summed E-state index contributed by atoms with van der Waals surface area (Å²) in [6.07, 6.45) is 3.53. The highest BCUT2D eigenvalue weighted by Gasteiger charge is 2.02. The van der Waals surface area contributed by atoms with Crippen molar-refractivity contribution in [3.8, 4) is 23.7 Å². The predicted molar refractivity (Wildman–Crippen MR) is 93.4 cm³/mol. The minimum atomic E-state index is 0.544. The SMILES string of the molecule is CCCCc1ccc(C#Cc2ccc(OCC)cc2C#N)cc1. The topological polar surface area (TPSA) is 33.0 Å². The van der Waals surface area contributed by atoms with Crippen LogP contribution in [-0.4, -0.2) is 6.61 Å². The van der Waals surface area contributed by atoms with Gasteiger partial charge in [0.1, 0.15) is 11.8 Å². The highest BCUT2D eigenvalue weighted by molar-refractivity contribution is 5.53. The molecule has 0 heterocycles. The Morgan fingerprint density at radius 2 is 1.74 bits per heavy atom. The highest BCUT2D eigenvalue weighted by atomic mass is 16.5. The molecule has 0 amide bonds. The summed E-state index contributed by atoms with van der Waals surface area (Å²) >= 11 is 0. The molecule has 0 aliphatic rings. The zero-order valence-electron chi connectivity index (χ0n) is 13.7. The number of ether oxygens (including phenoxy) is 1. The first-order valence-corrected chi connectivity index (χ1v) is 8.04. The third-order valence-electron chi connectivity index (χ3n) is 3.54. The van der Waals surface area contributed by atoms with Crippen molar-refractivity contribution in [1.29, 1.82) is 5.26 Å². The molecule has 2 heteroatoms. The molecule has 0 radical (unpaired) electrons. The quantitative estimate of drug-likeness (QED) is 0.750. The fourth-order valence-electron chi connectivity index (χ4n) is 2.26. The molecule has 2 aromatic carbocycles. The largest absolute Gasteiger partial charge is 0.494 e. The number of unbranched alkanes of at least 4 members (excludes halogenated alkanes) is 1. The van der Waals surface area contributed by atoms with Crippen LogP contribution < -0.4 is 4.74 Å². The molecule has 0 aliphatic heterocycles. The molecule has 0 aliphatic carbocycles. The van der Waals surface area contributed by atoms with E-state index in [1.807, 2.05) is 31.2 Å². The van der Waals surface area contributed by atoms with Crippen LogP contribution in [0.3, 0.4) is 0 Å². The van der Waals surface area contributed by atoms with Crippen molar-refractivity contribution in [3.05, 3.63) is 64.7 Å². The van der Waals surface area contributed by atoms with Gasteiger partial charge < -0.3 is 4.74 Å². The van der Waals surface area contributed by atoms with Crippen molar-refractivity contribution >= 4 is 0 Å². The number of nitriles is 1. The molecular formula is C21H21NO. The number of rotatable bonds is 5. The predicted octanol–water partition coefficient (Wildman–Crippen LogP) is 4.70. The third-order valence-corrected chi connectivity index (χ3v) is 3.54. The van der Waals surface area contributed by atoms with E-state index in [1.54, 1.807) is 6.07 Å². The summed E-state index contributed by atoms with van der Waals surface area (Å²) in [5, 5.41) is 9.25. The zero-order chi connectivity index (χ0) is 16.5. The van der Waals surface area contributed by atoms with Crippen LogP contribution in [0, 0.1) is 23.2 Å². The van der Waals surface area contributed by atoms with Crippen LogP contribution in [0.2, 0.25) is 0 Å². The molecule has 0 N–H and O–H groups in total. The second kappa shape index (κ2) is 8.66. The normalized spacial score (nSPS) is 9.61. The van der Waals surface area contributed by atoms with Crippen LogP contribution in [-0.2, 0) is 6.42 Å². The Bertz CT molecular complexity index is 742. The van der Waals surface area contributed by atoms with E-state index in [2.05, 4.69) is 37.0 Å². The molecule has 0 spiro atoms. The van der Waals surface area contributed by atoms with Gasteiger partial charge in [-0.2, -0.15) is 5.26 Å². The average molecular weight is 303 g/mol. The number of hydrogen-bond donors (Lipinski definition) is 0. The van der Waals surface area contributed by atoms with Crippen LogP contribution in [0.5, 0.6) is 5.75 Å². The maximum absolute atomic E-state index is 9.25. The summed E-state index contributed by atoms with van der Waals surface area (Å²) < 4.78 is 5.41. The van der Waals surface area contributed by atoms with E-state index in [4.69, 9.17) is 4.74 Å². The van der Waals surface area contributed by atoms with Crippen molar-refractivity contribution in [1.82, 2.24) is 0 Å². The summed E-state index contributed by atoms with van der Waals surface area (Å²) in [6, 6.07) is 15.9. The first-order valence-electron chi connectivity index (χ1n) is 8.04. The Balaban J connectivity index is 2.16. The average Bonchev–Trinajstić information content (AvgIpc) is 2.60. The van der Waals surface area contributed by atoms with Crippen LogP contribution >= 0.6 is 0 Å². The lowest BCUT2D eigenvalue weighted by atomic mass is 10.1. The van der Waals surface area contributed by atoms with Gasteiger partial charge in [-0.3, -0.25) is 0 Å². The molecule has 0 atom stereocenters. The summed E-state index contributed by atoms with van der Waals surface area (Å²) in [6.45, 7) is 4.70. The van der Waals surface area contributed by atoms with Gasteiger partial charge in [0.15, 0.2) is 0 Å². The number of hydrogen-bond acceptors (Lipinski definition) is 2. The molecule has 0 saturated carbocycles. The van der Waals surface area contributed by atoms with Crippen LogP contribution in [0.1, 0.15) is 48.9 Å². The molecule has 2 nitrogen and oxygen atoms in total. The van der Waals surface area contributed by atoms with Gasteiger partial charge in [0.2, 0.25) is 0 Å². The van der Waals surface area contributed by atoms with Gasteiger partial charge >= 0.3 is 0 Å². The molecule has 0 fully saturated rings. The van der Waals surface area contributed by atoms with Gasteiger partial charge in [-0.25, -0.2) is 0 Å². The van der Waals surface area contributed by atoms with E-state index >= 15 is 0 Å². The maximum Gasteiger partial charge on any atom is 0.120 e. The van der Waals surface area contributed by atoms with Gasteiger partial charge in [-0.05, 0) is 55.7 Å². The monoisotopic (exact) mass is 303 g/mol. The second-order valence-corrected chi connectivity index (χ2v) is 5.30. The van der Waals surface area contributed by atoms with Gasteiger partial charge in [-0.15, -0.1) is 0 Å². The fourth-order valence-corrected chi connectivity index (χ4v) is 2.26. The smallest absolute Gasteiger partial charge is 0.120 e. The third kappa shape index (κ3) is 4.90. The lowest BCUT2D eigenvalue weighted by molar-refractivity contribution is 0.340. The fraction of sp³-hybridized carbons (Fsp3) is 0.286. The molecule has 2 aromatic rings. The highest BCUT2D eigenvalue weighted by Crippen LogP contribution is 2.17. The van der Waals surface area contributed by atoms with E-state index in [1.165, 1.54) is 18.4 Å². The Hall–Kier alpha value is -2.71. The number of nitrogens with zero attached hydrogens (tertiary/aromatic N) is 1. The Morgan fingerprint density at radius 1 is 0.957 bits per heavy atom. The lowest BCUT2D eigenvalue weighted by Crippen LogP contribution is -1.93. The maximum atomic E-state index is 9.25. The van der Waals surface area contributed by atoms with Gasteiger partial charge in [0.05, 0.1) is 12.2 Å². The van der Waals surface area contributed by atoms with E-state index < -0.39 is 0 Å². The van der Waals surface area contributed by atoms with Crippen LogP contribution in [0.25, 0.3) is 0 Å². The van der Waals surface area contributed by atoms with Crippen molar-refractivity contribution in [2.75, 3.05) is 6.61 Å².